The molecule has 0 atom stereocenters. The van der Waals surface area contributed by atoms with Gasteiger partial charge in [-0.1, -0.05) is 71.1 Å². The maximum Gasteiger partial charge on any atom is 0.138 e. The molecule has 8 heteroatoms. The highest BCUT2D eigenvalue weighted by atomic mass is 35.5. The normalized spacial score (nSPS) is 12.9. The summed E-state index contributed by atoms with van der Waals surface area (Å²) in [5, 5.41) is 1.37. The summed E-state index contributed by atoms with van der Waals surface area (Å²) in [6.45, 7) is 2.54. The number of hydrogen-bond acceptors (Lipinski definition) is 4. The molecule has 0 unspecified atom stereocenters. The lowest BCUT2D eigenvalue weighted by Gasteiger charge is -2.44. The SMILES string of the molecule is Clc1ccc2nc(-c3ccc(C#Cc4ccc5c(c4)CN4CN5Cc5cc(C#Cc6ccc(-c7nc8ccc(Cl)cc8[nH]7)cc6)ccc54)cc3)[nH]c2c1. The minimum atomic E-state index is 0.686. The van der Waals surface area contributed by atoms with Crippen LogP contribution in [-0.4, -0.2) is 26.6 Å². The van der Waals surface area contributed by atoms with E-state index in [-0.39, 0.29) is 0 Å². The van der Waals surface area contributed by atoms with Crippen LogP contribution >= 0.6 is 23.2 Å². The van der Waals surface area contributed by atoms with Gasteiger partial charge in [-0.2, -0.15) is 0 Å². The quantitative estimate of drug-likeness (QED) is 0.174. The molecule has 0 fully saturated rings. The minimum Gasteiger partial charge on any atom is -0.349 e. The highest BCUT2D eigenvalue weighted by molar-refractivity contribution is 6.31. The van der Waals surface area contributed by atoms with Crippen LogP contribution in [0.25, 0.3) is 44.8 Å². The molecule has 0 aliphatic carbocycles. The molecule has 2 bridgehead atoms. The molecule has 0 saturated carbocycles. The highest BCUT2D eigenvalue weighted by Crippen LogP contribution is 2.38. The zero-order chi connectivity index (χ0) is 35.5. The smallest absolute Gasteiger partial charge is 0.138 e. The fraction of sp³-hybridized carbons (Fsp3) is 0.0667. The number of H-pyrrole nitrogens is 2. The first-order chi connectivity index (χ1) is 26.0. The Bertz CT molecular complexity index is 2670. The first-order valence-electron chi connectivity index (χ1n) is 17.3. The van der Waals surface area contributed by atoms with Crippen LogP contribution in [0.5, 0.6) is 0 Å². The van der Waals surface area contributed by atoms with E-state index in [2.05, 4.69) is 79.8 Å². The van der Waals surface area contributed by atoms with Gasteiger partial charge in [0.2, 0.25) is 0 Å². The van der Waals surface area contributed by atoms with Crippen LogP contribution in [0.2, 0.25) is 10.0 Å². The van der Waals surface area contributed by atoms with Gasteiger partial charge in [0.25, 0.3) is 0 Å². The molecular formula is C45H28Cl2N6. The Hall–Kier alpha value is -6.44. The number of fused-ring (bicyclic) bond motifs is 8. The molecule has 6 nitrogen and oxygen atoms in total. The fourth-order valence-corrected chi connectivity index (χ4v) is 7.53. The van der Waals surface area contributed by atoms with Gasteiger partial charge in [-0.3, -0.25) is 0 Å². The Balaban J connectivity index is 0.827. The molecule has 6 aromatic carbocycles. The summed E-state index contributed by atoms with van der Waals surface area (Å²) in [5.74, 6) is 15.1. The van der Waals surface area contributed by atoms with Gasteiger partial charge in [-0.15, -0.1) is 0 Å². The van der Waals surface area contributed by atoms with Gasteiger partial charge >= 0.3 is 0 Å². The molecule has 2 aromatic heterocycles. The molecule has 252 valence electrons. The van der Waals surface area contributed by atoms with E-state index in [1.807, 2.05) is 84.9 Å². The second-order valence-electron chi connectivity index (χ2n) is 13.4. The van der Waals surface area contributed by atoms with E-state index in [0.717, 1.165) is 86.9 Å². The monoisotopic (exact) mass is 722 g/mol. The van der Waals surface area contributed by atoms with Crippen molar-refractivity contribution in [2.75, 3.05) is 16.5 Å². The largest absolute Gasteiger partial charge is 0.349 e. The van der Waals surface area contributed by atoms with Crippen LogP contribution in [0.4, 0.5) is 11.4 Å². The van der Waals surface area contributed by atoms with Crippen molar-refractivity contribution in [3.8, 4) is 46.5 Å². The van der Waals surface area contributed by atoms with E-state index in [4.69, 9.17) is 33.2 Å². The summed E-state index contributed by atoms with van der Waals surface area (Å²) in [5.41, 5.74) is 14.6. The molecule has 0 amide bonds. The lowest BCUT2D eigenvalue weighted by atomic mass is 9.98. The molecule has 0 radical (unpaired) electrons. The third kappa shape index (κ3) is 6.05. The maximum absolute atomic E-state index is 6.14. The zero-order valence-electron chi connectivity index (χ0n) is 28.2. The first kappa shape index (κ1) is 31.3. The molecule has 0 saturated heterocycles. The molecule has 53 heavy (non-hydrogen) atoms. The molecular weight excluding hydrogens is 695 g/mol. The molecule has 2 aliphatic rings. The third-order valence-electron chi connectivity index (χ3n) is 9.81. The van der Waals surface area contributed by atoms with Gasteiger partial charge < -0.3 is 19.8 Å². The first-order valence-corrected chi connectivity index (χ1v) is 18.0. The predicted molar refractivity (Wildman–Crippen MR) is 215 cm³/mol. The molecule has 2 aliphatic heterocycles. The van der Waals surface area contributed by atoms with Crippen molar-refractivity contribution >= 4 is 56.6 Å². The second-order valence-corrected chi connectivity index (χ2v) is 14.2. The van der Waals surface area contributed by atoms with Crippen LogP contribution < -0.4 is 9.80 Å². The number of anilines is 2. The highest BCUT2D eigenvalue weighted by Gasteiger charge is 2.29. The Labute approximate surface area is 316 Å². The summed E-state index contributed by atoms with van der Waals surface area (Å²) in [6, 6.07) is 40.8. The average molecular weight is 724 g/mol. The number of benzene rings is 6. The summed E-state index contributed by atoms with van der Waals surface area (Å²) >= 11 is 12.3. The number of aromatic nitrogens is 4. The Morgan fingerprint density at radius 2 is 0.887 bits per heavy atom. The van der Waals surface area contributed by atoms with Crippen LogP contribution in [-0.2, 0) is 13.1 Å². The Morgan fingerprint density at radius 1 is 0.472 bits per heavy atom. The van der Waals surface area contributed by atoms with Crippen molar-refractivity contribution < 1.29 is 0 Å². The number of hydrogen-bond donors (Lipinski definition) is 2. The van der Waals surface area contributed by atoms with E-state index >= 15 is 0 Å². The number of aromatic amines is 2. The van der Waals surface area contributed by atoms with Crippen molar-refractivity contribution in [1.82, 2.24) is 19.9 Å². The number of nitrogens with one attached hydrogen (secondary N) is 2. The van der Waals surface area contributed by atoms with Gasteiger partial charge in [0.15, 0.2) is 0 Å². The van der Waals surface area contributed by atoms with Crippen LogP contribution in [0, 0.1) is 23.7 Å². The van der Waals surface area contributed by atoms with Gasteiger partial charge in [-0.25, -0.2) is 9.97 Å². The third-order valence-corrected chi connectivity index (χ3v) is 10.3. The summed E-state index contributed by atoms with van der Waals surface area (Å²) in [7, 11) is 0. The number of rotatable bonds is 2. The average Bonchev–Trinajstić information content (AvgIpc) is 3.80. The Kier molecular flexibility index (Phi) is 7.47. The van der Waals surface area contributed by atoms with E-state index in [1.54, 1.807) is 0 Å². The second kappa shape index (κ2) is 12.7. The lowest BCUT2D eigenvalue weighted by Crippen LogP contribution is -2.46. The lowest BCUT2D eigenvalue weighted by molar-refractivity contribution is 0.650. The zero-order valence-corrected chi connectivity index (χ0v) is 29.7. The fourth-order valence-electron chi connectivity index (χ4n) is 7.19. The molecule has 2 N–H and O–H groups in total. The number of imidazole rings is 2. The van der Waals surface area contributed by atoms with E-state index in [0.29, 0.717) is 10.0 Å². The van der Waals surface area contributed by atoms with Gasteiger partial charge in [0.05, 0.1) is 28.7 Å². The van der Waals surface area contributed by atoms with Gasteiger partial charge in [0.1, 0.15) is 11.6 Å². The summed E-state index contributed by atoms with van der Waals surface area (Å²) in [6.07, 6.45) is 0. The predicted octanol–water partition coefficient (Wildman–Crippen LogP) is 10.2. The summed E-state index contributed by atoms with van der Waals surface area (Å²) < 4.78 is 0. The Morgan fingerprint density at radius 3 is 1.34 bits per heavy atom. The standard InChI is InChI=1S/C45H28Cl2N6/c46-36-15-17-38-40(23-36)50-44(48-38)32-11-5-28(6-12-32)1-3-30-9-19-42-34(21-30)25-52-27-53(42)26-35-22-31(10-20-43(35)52)4-2-29-7-13-33(14-8-29)45-49-39-18-16-37(47)24-41(39)51-45/h5-24H,25-27H2,(H,48,50)(H,49,51). The molecule has 4 heterocycles. The van der Waals surface area contributed by atoms with Crippen molar-refractivity contribution in [2.24, 2.45) is 0 Å². The van der Waals surface area contributed by atoms with E-state index in [1.165, 1.54) is 22.5 Å². The van der Waals surface area contributed by atoms with Crippen molar-refractivity contribution in [3.63, 3.8) is 0 Å². The van der Waals surface area contributed by atoms with Gasteiger partial charge in [-0.05, 0) is 108 Å². The molecule has 0 spiro atoms. The van der Waals surface area contributed by atoms with Gasteiger partial charge in [0, 0.05) is 67.9 Å². The number of halogens is 2. The van der Waals surface area contributed by atoms with Crippen LogP contribution in [0.1, 0.15) is 33.4 Å². The van der Waals surface area contributed by atoms with Crippen molar-refractivity contribution in [1.29, 1.82) is 0 Å². The van der Waals surface area contributed by atoms with Crippen molar-refractivity contribution in [2.45, 2.75) is 13.1 Å². The minimum absolute atomic E-state index is 0.686. The number of nitrogens with zero attached hydrogens (tertiary/aromatic N) is 4. The maximum atomic E-state index is 6.14. The topological polar surface area (TPSA) is 63.8 Å². The van der Waals surface area contributed by atoms with Crippen molar-refractivity contribution in [3.05, 3.63) is 165 Å². The molecule has 8 aromatic rings. The van der Waals surface area contributed by atoms with Crippen LogP contribution in [0.15, 0.2) is 121 Å². The van der Waals surface area contributed by atoms with E-state index in [9.17, 15) is 0 Å². The van der Waals surface area contributed by atoms with Crippen LogP contribution in [0.3, 0.4) is 0 Å². The van der Waals surface area contributed by atoms with E-state index < -0.39 is 0 Å². The summed E-state index contributed by atoms with van der Waals surface area (Å²) in [4.78, 5) is 21.0. The molecule has 10 rings (SSSR count).